The highest BCUT2D eigenvalue weighted by atomic mass is 32.2. The summed E-state index contributed by atoms with van der Waals surface area (Å²) in [7, 11) is 0. The molecule has 0 aromatic heterocycles. The molecule has 1 aromatic carbocycles. The number of hydrogen-bond donors (Lipinski definition) is 2. The third-order valence-corrected chi connectivity index (χ3v) is 5.01. The molecule has 1 saturated carbocycles. The van der Waals surface area contributed by atoms with Crippen LogP contribution >= 0.6 is 11.8 Å². The maximum Gasteiger partial charge on any atom is 0.126 e. The predicted molar refractivity (Wildman–Crippen MR) is 75.8 cm³/mol. The van der Waals surface area contributed by atoms with Crippen LogP contribution in [-0.4, -0.2) is 11.0 Å². The van der Waals surface area contributed by atoms with Crippen LogP contribution in [0, 0.1) is 11.6 Å². The van der Waals surface area contributed by atoms with Crippen LogP contribution in [0.25, 0.3) is 0 Å². The van der Waals surface area contributed by atoms with Crippen molar-refractivity contribution in [3.8, 4) is 0 Å². The first-order valence-electron chi connectivity index (χ1n) is 6.73. The molecule has 0 aliphatic heterocycles. The maximum absolute atomic E-state index is 13.2. The van der Waals surface area contributed by atoms with Gasteiger partial charge in [-0.2, -0.15) is 11.8 Å². The van der Waals surface area contributed by atoms with Gasteiger partial charge in [0.1, 0.15) is 11.6 Å². The molecule has 0 amide bonds. The van der Waals surface area contributed by atoms with E-state index >= 15 is 0 Å². The molecule has 19 heavy (non-hydrogen) atoms. The fourth-order valence-corrected chi connectivity index (χ4v) is 3.90. The summed E-state index contributed by atoms with van der Waals surface area (Å²) in [5, 5.41) is 0.656. The first kappa shape index (κ1) is 14.8. The van der Waals surface area contributed by atoms with Gasteiger partial charge in [0.25, 0.3) is 0 Å². The molecular weight excluding hydrogens is 266 g/mol. The lowest BCUT2D eigenvalue weighted by atomic mass is 10.0. The molecule has 0 heterocycles. The van der Waals surface area contributed by atoms with Crippen LogP contribution in [0.15, 0.2) is 18.2 Å². The molecule has 0 saturated heterocycles. The Labute approximate surface area is 117 Å². The normalized spacial score (nSPS) is 18.5. The number of halogens is 2. The second-order valence-corrected chi connectivity index (χ2v) is 6.35. The first-order valence-corrected chi connectivity index (χ1v) is 7.77. The van der Waals surface area contributed by atoms with E-state index in [1.54, 1.807) is 0 Å². The number of benzene rings is 1. The minimum atomic E-state index is -0.557. The van der Waals surface area contributed by atoms with E-state index in [0.717, 1.165) is 11.8 Å². The molecule has 1 fully saturated rings. The Bertz CT molecular complexity index is 388. The highest BCUT2D eigenvalue weighted by molar-refractivity contribution is 7.99. The first-order chi connectivity index (χ1) is 9.19. The Morgan fingerprint density at radius 3 is 2.37 bits per heavy atom. The summed E-state index contributed by atoms with van der Waals surface area (Å²) in [6.07, 6.45) is 6.36. The van der Waals surface area contributed by atoms with E-state index in [1.807, 2.05) is 11.8 Å². The average Bonchev–Trinajstić information content (AvgIpc) is 2.39. The monoisotopic (exact) mass is 286 g/mol. The number of hydrogen-bond acceptors (Lipinski definition) is 3. The number of rotatable bonds is 5. The molecule has 5 heteroatoms. The zero-order chi connectivity index (χ0) is 13.7. The molecule has 1 atom stereocenters. The summed E-state index contributed by atoms with van der Waals surface area (Å²) < 4.78 is 26.4. The third kappa shape index (κ3) is 4.44. The van der Waals surface area contributed by atoms with Gasteiger partial charge in [0.2, 0.25) is 0 Å². The van der Waals surface area contributed by atoms with Gasteiger partial charge in [0.15, 0.2) is 0 Å². The second kappa shape index (κ2) is 7.22. The Morgan fingerprint density at radius 1 is 1.16 bits per heavy atom. The fourth-order valence-electron chi connectivity index (χ4n) is 2.48. The SMILES string of the molecule is NNC(CSC1CCCCC1)c1cc(F)cc(F)c1. The van der Waals surface area contributed by atoms with Crippen LogP contribution in [-0.2, 0) is 0 Å². The Balaban J connectivity index is 1.95. The minimum Gasteiger partial charge on any atom is -0.271 e. The highest BCUT2D eigenvalue weighted by Gasteiger charge is 2.18. The lowest BCUT2D eigenvalue weighted by Gasteiger charge is -2.24. The van der Waals surface area contributed by atoms with Gasteiger partial charge in [-0.1, -0.05) is 19.3 Å². The van der Waals surface area contributed by atoms with Crippen LogP contribution < -0.4 is 11.3 Å². The summed E-state index contributed by atoms with van der Waals surface area (Å²) in [6.45, 7) is 0. The van der Waals surface area contributed by atoms with Gasteiger partial charge >= 0.3 is 0 Å². The molecule has 1 unspecified atom stereocenters. The van der Waals surface area contributed by atoms with E-state index in [4.69, 9.17) is 5.84 Å². The molecule has 1 aliphatic carbocycles. The highest BCUT2D eigenvalue weighted by Crippen LogP contribution is 2.31. The lowest BCUT2D eigenvalue weighted by Crippen LogP contribution is -2.30. The van der Waals surface area contributed by atoms with E-state index in [-0.39, 0.29) is 6.04 Å². The lowest BCUT2D eigenvalue weighted by molar-refractivity contribution is 0.513. The van der Waals surface area contributed by atoms with Crippen LogP contribution in [0.5, 0.6) is 0 Å². The quantitative estimate of drug-likeness (QED) is 0.642. The molecule has 0 bridgehead atoms. The van der Waals surface area contributed by atoms with Gasteiger partial charge in [-0.25, -0.2) is 8.78 Å². The van der Waals surface area contributed by atoms with Crippen LogP contribution in [0.3, 0.4) is 0 Å². The Hall–Kier alpha value is -0.650. The summed E-state index contributed by atoms with van der Waals surface area (Å²) in [5.74, 6) is 5.14. The zero-order valence-electron chi connectivity index (χ0n) is 10.9. The molecule has 0 radical (unpaired) electrons. The summed E-state index contributed by atoms with van der Waals surface area (Å²) in [4.78, 5) is 0. The Morgan fingerprint density at radius 2 is 1.79 bits per heavy atom. The van der Waals surface area contributed by atoms with Crippen molar-refractivity contribution in [2.75, 3.05) is 5.75 Å². The van der Waals surface area contributed by atoms with Crippen molar-refractivity contribution in [1.29, 1.82) is 0 Å². The van der Waals surface area contributed by atoms with Crippen molar-refractivity contribution in [2.24, 2.45) is 5.84 Å². The number of hydrazine groups is 1. The van der Waals surface area contributed by atoms with Gasteiger partial charge in [0, 0.05) is 17.1 Å². The van der Waals surface area contributed by atoms with Crippen molar-refractivity contribution < 1.29 is 8.78 Å². The van der Waals surface area contributed by atoms with E-state index in [9.17, 15) is 8.78 Å². The number of thioether (sulfide) groups is 1. The van der Waals surface area contributed by atoms with Crippen molar-refractivity contribution in [3.05, 3.63) is 35.4 Å². The number of nitrogens with two attached hydrogens (primary N) is 1. The van der Waals surface area contributed by atoms with Gasteiger partial charge in [-0.05, 0) is 30.5 Å². The number of nitrogens with one attached hydrogen (secondary N) is 1. The molecule has 1 aromatic rings. The minimum absolute atomic E-state index is 0.211. The van der Waals surface area contributed by atoms with Crippen molar-refractivity contribution in [2.45, 2.75) is 43.4 Å². The van der Waals surface area contributed by atoms with Crippen LogP contribution in [0.4, 0.5) is 8.78 Å². The molecular formula is C14H20F2N2S. The van der Waals surface area contributed by atoms with E-state index in [1.165, 1.54) is 44.2 Å². The molecule has 2 rings (SSSR count). The van der Waals surface area contributed by atoms with Gasteiger partial charge in [-0.15, -0.1) is 0 Å². The van der Waals surface area contributed by atoms with Crippen molar-refractivity contribution in [1.82, 2.24) is 5.43 Å². The third-order valence-electron chi connectivity index (χ3n) is 3.54. The molecule has 106 valence electrons. The topological polar surface area (TPSA) is 38.0 Å². The molecule has 3 N–H and O–H groups in total. The average molecular weight is 286 g/mol. The fraction of sp³-hybridized carbons (Fsp3) is 0.571. The van der Waals surface area contributed by atoms with Crippen LogP contribution in [0.1, 0.15) is 43.7 Å². The van der Waals surface area contributed by atoms with Crippen LogP contribution in [0.2, 0.25) is 0 Å². The molecule has 0 spiro atoms. The van der Waals surface area contributed by atoms with E-state index in [2.05, 4.69) is 5.43 Å². The Kier molecular flexibility index (Phi) is 5.60. The standard InChI is InChI=1S/C14H20F2N2S/c15-11-6-10(7-12(16)8-11)14(18-17)9-19-13-4-2-1-3-5-13/h6-8,13-14,18H,1-5,9,17H2. The van der Waals surface area contributed by atoms with Crippen molar-refractivity contribution in [3.63, 3.8) is 0 Å². The van der Waals surface area contributed by atoms with Gasteiger partial charge in [-0.3, -0.25) is 11.3 Å². The van der Waals surface area contributed by atoms with E-state index < -0.39 is 11.6 Å². The smallest absolute Gasteiger partial charge is 0.126 e. The molecule has 1 aliphatic rings. The molecule has 2 nitrogen and oxygen atoms in total. The summed E-state index contributed by atoms with van der Waals surface area (Å²) in [6, 6.07) is 3.35. The van der Waals surface area contributed by atoms with Gasteiger partial charge in [0.05, 0.1) is 6.04 Å². The second-order valence-electron chi connectivity index (χ2n) is 5.02. The predicted octanol–water partition coefficient (Wildman–Crippen LogP) is 3.54. The summed E-state index contributed by atoms with van der Waals surface area (Å²) >= 11 is 1.85. The maximum atomic E-state index is 13.2. The van der Waals surface area contributed by atoms with Crippen molar-refractivity contribution >= 4 is 11.8 Å². The largest absolute Gasteiger partial charge is 0.271 e. The zero-order valence-corrected chi connectivity index (χ0v) is 11.7. The summed E-state index contributed by atoms with van der Waals surface area (Å²) in [5.41, 5.74) is 3.23. The van der Waals surface area contributed by atoms with E-state index in [0.29, 0.717) is 10.8 Å². The van der Waals surface area contributed by atoms with Gasteiger partial charge < -0.3 is 0 Å².